The Balaban J connectivity index is 2.23. The van der Waals surface area contributed by atoms with Crippen LogP contribution in [0, 0.1) is 5.82 Å². The van der Waals surface area contributed by atoms with E-state index in [9.17, 15) is 9.18 Å². The predicted octanol–water partition coefficient (Wildman–Crippen LogP) is 3.45. The molecule has 0 spiro atoms. The summed E-state index contributed by atoms with van der Waals surface area (Å²) in [7, 11) is 0. The lowest BCUT2D eigenvalue weighted by Crippen LogP contribution is -2.05. The van der Waals surface area contributed by atoms with E-state index in [1.54, 1.807) is 12.1 Å². The SMILES string of the molecule is Nc1ccc(OCc2cc(Br)ccc2F)c(C(=O)O)c1. The monoisotopic (exact) mass is 339 g/mol. The highest BCUT2D eigenvalue weighted by atomic mass is 79.9. The van der Waals surface area contributed by atoms with Gasteiger partial charge in [0, 0.05) is 15.7 Å². The van der Waals surface area contributed by atoms with E-state index in [0.717, 1.165) is 0 Å². The second-order valence-corrected chi connectivity index (χ2v) is 5.00. The van der Waals surface area contributed by atoms with Gasteiger partial charge in [0.1, 0.15) is 23.7 Å². The molecule has 0 heterocycles. The number of carboxylic acid groups (broad SMARTS) is 1. The zero-order chi connectivity index (χ0) is 14.7. The minimum absolute atomic E-state index is 0.0552. The van der Waals surface area contributed by atoms with E-state index in [1.807, 2.05) is 0 Å². The van der Waals surface area contributed by atoms with Crippen molar-refractivity contribution in [1.29, 1.82) is 0 Å². The summed E-state index contributed by atoms with van der Waals surface area (Å²) in [6, 6.07) is 8.74. The fourth-order valence-corrected chi connectivity index (χ4v) is 2.06. The third kappa shape index (κ3) is 3.27. The van der Waals surface area contributed by atoms with Crippen molar-refractivity contribution in [3.63, 3.8) is 0 Å². The summed E-state index contributed by atoms with van der Waals surface area (Å²) < 4.78 is 19.7. The first-order chi connectivity index (χ1) is 9.47. The van der Waals surface area contributed by atoms with E-state index in [1.165, 1.54) is 24.3 Å². The Bertz CT molecular complexity index is 661. The van der Waals surface area contributed by atoms with Gasteiger partial charge in [-0.25, -0.2) is 9.18 Å². The van der Waals surface area contributed by atoms with Gasteiger partial charge in [0.2, 0.25) is 0 Å². The van der Waals surface area contributed by atoms with E-state index in [-0.39, 0.29) is 17.9 Å². The lowest BCUT2D eigenvalue weighted by atomic mass is 10.1. The molecule has 0 atom stereocenters. The summed E-state index contributed by atoms with van der Waals surface area (Å²) in [5, 5.41) is 9.07. The van der Waals surface area contributed by atoms with Crippen molar-refractivity contribution in [1.82, 2.24) is 0 Å². The normalized spacial score (nSPS) is 10.3. The average molecular weight is 340 g/mol. The van der Waals surface area contributed by atoms with Crippen LogP contribution in [0.25, 0.3) is 0 Å². The molecule has 2 aromatic rings. The molecule has 0 saturated heterocycles. The number of ether oxygens (including phenoxy) is 1. The van der Waals surface area contributed by atoms with Crippen LogP contribution in [0.2, 0.25) is 0 Å². The predicted molar refractivity (Wildman–Crippen MR) is 76.2 cm³/mol. The Kier molecular flexibility index (Phi) is 4.24. The second kappa shape index (κ2) is 5.92. The molecular formula is C14H11BrFNO3. The van der Waals surface area contributed by atoms with Crippen molar-refractivity contribution < 1.29 is 19.0 Å². The van der Waals surface area contributed by atoms with Crippen molar-refractivity contribution in [3.05, 3.63) is 57.8 Å². The molecule has 0 aliphatic heterocycles. The number of nitrogen functional groups attached to an aromatic ring is 1. The van der Waals surface area contributed by atoms with Crippen LogP contribution in [0.1, 0.15) is 15.9 Å². The Morgan fingerprint density at radius 3 is 2.75 bits per heavy atom. The van der Waals surface area contributed by atoms with Crippen molar-refractivity contribution in [3.8, 4) is 5.75 Å². The quantitative estimate of drug-likeness (QED) is 0.837. The maximum Gasteiger partial charge on any atom is 0.339 e. The number of halogens is 2. The number of hydrogen-bond donors (Lipinski definition) is 2. The fraction of sp³-hybridized carbons (Fsp3) is 0.0714. The summed E-state index contributed by atoms with van der Waals surface area (Å²) in [5.41, 5.74) is 6.13. The van der Waals surface area contributed by atoms with Crippen LogP contribution in [0.4, 0.5) is 10.1 Å². The molecule has 3 N–H and O–H groups in total. The largest absolute Gasteiger partial charge is 0.488 e. The minimum atomic E-state index is -1.15. The lowest BCUT2D eigenvalue weighted by molar-refractivity contribution is 0.0692. The smallest absolute Gasteiger partial charge is 0.339 e. The molecule has 0 saturated carbocycles. The van der Waals surface area contributed by atoms with Crippen LogP contribution >= 0.6 is 15.9 Å². The molecule has 2 aromatic carbocycles. The van der Waals surface area contributed by atoms with Gasteiger partial charge >= 0.3 is 5.97 Å². The molecule has 20 heavy (non-hydrogen) atoms. The van der Waals surface area contributed by atoms with Crippen molar-refractivity contribution in [2.24, 2.45) is 0 Å². The van der Waals surface area contributed by atoms with Crippen LogP contribution in [-0.4, -0.2) is 11.1 Å². The highest BCUT2D eigenvalue weighted by Gasteiger charge is 2.13. The maximum absolute atomic E-state index is 13.6. The molecule has 0 aliphatic rings. The summed E-state index contributed by atoms with van der Waals surface area (Å²) in [5.74, 6) is -1.42. The van der Waals surface area contributed by atoms with Crippen molar-refractivity contribution in [2.75, 3.05) is 5.73 Å². The van der Waals surface area contributed by atoms with Gasteiger partial charge in [-0.1, -0.05) is 15.9 Å². The van der Waals surface area contributed by atoms with Crippen LogP contribution in [0.15, 0.2) is 40.9 Å². The number of anilines is 1. The third-order valence-electron chi connectivity index (χ3n) is 2.62. The number of carboxylic acids is 1. The number of nitrogens with two attached hydrogens (primary N) is 1. The fourth-order valence-electron chi connectivity index (χ4n) is 1.65. The van der Waals surface area contributed by atoms with E-state index in [4.69, 9.17) is 15.6 Å². The Hall–Kier alpha value is -2.08. The number of carbonyl (C=O) groups is 1. The zero-order valence-corrected chi connectivity index (χ0v) is 11.9. The van der Waals surface area contributed by atoms with E-state index < -0.39 is 11.8 Å². The van der Waals surface area contributed by atoms with E-state index in [0.29, 0.717) is 15.7 Å². The van der Waals surface area contributed by atoms with Gasteiger partial charge in [0.05, 0.1) is 0 Å². The highest BCUT2D eigenvalue weighted by molar-refractivity contribution is 9.10. The Labute approximate surface area is 123 Å². The van der Waals surface area contributed by atoms with Gasteiger partial charge in [0.15, 0.2) is 0 Å². The second-order valence-electron chi connectivity index (χ2n) is 4.09. The summed E-state index contributed by atoms with van der Waals surface area (Å²) in [4.78, 5) is 11.1. The molecule has 6 heteroatoms. The van der Waals surface area contributed by atoms with Crippen LogP contribution in [-0.2, 0) is 6.61 Å². The average Bonchev–Trinajstić information content (AvgIpc) is 2.40. The molecule has 4 nitrogen and oxygen atoms in total. The third-order valence-corrected chi connectivity index (χ3v) is 3.12. The van der Waals surface area contributed by atoms with Gasteiger partial charge in [-0.15, -0.1) is 0 Å². The topological polar surface area (TPSA) is 72.5 Å². The molecule has 0 unspecified atom stereocenters. The first-order valence-corrected chi connectivity index (χ1v) is 6.46. The zero-order valence-electron chi connectivity index (χ0n) is 10.3. The van der Waals surface area contributed by atoms with Gasteiger partial charge in [-0.05, 0) is 36.4 Å². The molecule has 104 valence electrons. The van der Waals surface area contributed by atoms with E-state index in [2.05, 4.69) is 15.9 Å². The Morgan fingerprint density at radius 1 is 1.30 bits per heavy atom. The number of benzene rings is 2. The van der Waals surface area contributed by atoms with Crippen molar-refractivity contribution >= 4 is 27.6 Å². The number of hydrogen-bond acceptors (Lipinski definition) is 3. The molecule has 0 aliphatic carbocycles. The molecule has 0 aromatic heterocycles. The summed E-state index contributed by atoms with van der Waals surface area (Å²) >= 11 is 3.24. The van der Waals surface area contributed by atoms with Gasteiger partial charge in [0.25, 0.3) is 0 Å². The Morgan fingerprint density at radius 2 is 2.05 bits per heavy atom. The first kappa shape index (κ1) is 14.3. The molecule has 2 rings (SSSR count). The van der Waals surface area contributed by atoms with Crippen molar-refractivity contribution in [2.45, 2.75) is 6.61 Å². The lowest BCUT2D eigenvalue weighted by Gasteiger charge is -2.10. The number of aromatic carboxylic acids is 1. The molecular weight excluding hydrogens is 329 g/mol. The minimum Gasteiger partial charge on any atom is -0.488 e. The van der Waals surface area contributed by atoms with Gasteiger partial charge in [-0.3, -0.25) is 0 Å². The number of rotatable bonds is 4. The molecule has 0 fully saturated rings. The standard InChI is InChI=1S/C14H11BrFNO3/c15-9-1-3-12(16)8(5-9)7-20-13-4-2-10(17)6-11(13)14(18)19/h1-6H,7,17H2,(H,18,19). The van der Waals surface area contributed by atoms with Gasteiger partial charge in [-0.2, -0.15) is 0 Å². The highest BCUT2D eigenvalue weighted by Crippen LogP contribution is 2.24. The van der Waals surface area contributed by atoms with Gasteiger partial charge < -0.3 is 15.6 Å². The summed E-state index contributed by atoms with van der Waals surface area (Å²) in [6.45, 7) is -0.0739. The maximum atomic E-state index is 13.6. The molecule has 0 amide bonds. The molecule has 0 bridgehead atoms. The molecule has 0 radical (unpaired) electrons. The van der Waals surface area contributed by atoms with Crippen LogP contribution in [0.5, 0.6) is 5.75 Å². The van der Waals surface area contributed by atoms with Crippen LogP contribution < -0.4 is 10.5 Å². The van der Waals surface area contributed by atoms with E-state index >= 15 is 0 Å². The van der Waals surface area contributed by atoms with Crippen LogP contribution in [0.3, 0.4) is 0 Å². The first-order valence-electron chi connectivity index (χ1n) is 5.67. The summed E-state index contributed by atoms with van der Waals surface area (Å²) in [6.07, 6.45) is 0.